The number of nitrogen functional groups attached to an aromatic ring is 1. The lowest BCUT2D eigenvalue weighted by Crippen LogP contribution is -2.62. The van der Waals surface area contributed by atoms with Gasteiger partial charge in [0, 0.05) is 30.8 Å². The monoisotopic (exact) mass is 390 g/mol. The Kier molecular flexibility index (Phi) is 6.66. The summed E-state index contributed by atoms with van der Waals surface area (Å²) in [6, 6.07) is 5.03. The molecule has 28 heavy (non-hydrogen) atoms. The van der Waals surface area contributed by atoms with Gasteiger partial charge in [0.25, 0.3) is 5.91 Å². The second-order valence-corrected chi connectivity index (χ2v) is 6.17. The molecule has 0 spiro atoms. The zero-order valence-corrected chi connectivity index (χ0v) is 15.1. The molecule has 0 saturated carbocycles. The summed E-state index contributed by atoms with van der Waals surface area (Å²) in [7, 11) is 0. The van der Waals surface area contributed by atoms with Gasteiger partial charge >= 0.3 is 5.97 Å². The van der Waals surface area contributed by atoms with E-state index in [1.54, 1.807) is 0 Å². The quantitative estimate of drug-likeness (QED) is 0.258. The van der Waals surface area contributed by atoms with E-state index in [0.717, 1.165) is 4.90 Å². The lowest BCUT2D eigenvalue weighted by molar-refractivity contribution is -0.154. The Labute approximate surface area is 160 Å². The van der Waals surface area contributed by atoms with Crippen molar-refractivity contribution in [1.29, 1.82) is 5.41 Å². The second kappa shape index (κ2) is 8.95. The standard InChI is InChI=1S/C17H22N6O5/c18-7-12-17(28)22(9-14(25)26)5-6-23(12)13(24)8-21-16(27)11-3-1-10(2-4-11)15(19)20/h1-4,12H,5-9,18H2,(H3,19,20)(H,21,27)(H,25,26)/t12-/m0/s1. The third-order valence-electron chi connectivity index (χ3n) is 4.31. The molecular formula is C17H22N6O5. The molecule has 1 saturated heterocycles. The third kappa shape index (κ3) is 4.82. The van der Waals surface area contributed by atoms with Crippen LogP contribution in [0.5, 0.6) is 0 Å². The Morgan fingerprint density at radius 3 is 2.32 bits per heavy atom. The lowest BCUT2D eigenvalue weighted by atomic mass is 10.1. The first-order valence-electron chi connectivity index (χ1n) is 8.47. The van der Waals surface area contributed by atoms with Crippen molar-refractivity contribution in [3.8, 4) is 0 Å². The fourth-order valence-corrected chi connectivity index (χ4v) is 2.85. The summed E-state index contributed by atoms with van der Waals surface area (Å²) >= 11 is 0. The van der Waals surface area contributed by atoms with Crippen molar-refractivity contribution < 1.29 is 24.3 Å². The molecule has 150 valence electrons. The number of piperazine rings is 1. The molecule has 1 atom stereocenters. The fourth-order valence-electron chi connectivity index (χ4n) is 2.85. The summed E-state index contributed by atoms with van der Waals surface area (Å²) in [5.41, 5.74) is 11.7. The highest BCUT2D eigenvalue weighted by atomic mass is 16.4. The summed E-state index contributed by atoms with van der Waals surface area (Å²) in [6.45, 7) is -0.738. The maximum Gasteiger partial charge on any atom is 0.323 e. The van der Waals surface area contributed by atoms with Gasteiger partial charge < -0.3 is 31.7 Å². The number of hydrogen-bond acceptors (Lipinski definition) is 6. The first kappa shape index (κ1) is 20.8. The number of nitrogens with two attached hydrogens (primary N) is 2. The van der Waals surface area contributed by atoms with E-state index in [1.807, 2.05) is 0 Å². The summed E-state index contributed by atoms with van der Waals surface area (Å²) < 4.78 is 0. The van der Waals surface area contributed by atoms with Crippen LogP contribution in [-0.4, -0.2) is 83.2 Å². The maximum absolute atomic E-state index is 12.4. The minimum absolute atomic E-state index is 0.0772. The highest BCUT2D eigenvalue weighted by Crippen LogP contribution is 2.11. The van der Waals surface area contributed by atoms with Crippen LogP contribution in [0.3, 0.4) is 0 Å². The van der Waals surface area contributed by atoms with Gasteiger partial charge in [0.15, 0.2) is 0 Å². The molecule has 2 rings (SSSR count). The van der Waals surface area contributed by atoms with Gasteiger partial charge in [0.2, 0.25) is 11.8 Å². The van der Waals surface area contributed by atoms with Crippen LogP contribution in [0, 0.1) is 5.41 Å². The number of carbonyl (C=O) groups excluding carboxylic acids is 3. The van der Waals surface area contributed by atoms with Crippen LogP contribution < -0.4 is 16.8 Å². The van der Waals surface area contributed by atoms with Gasteiger partial charge in [-0.2, -0.15) is 0 Å². The van der Waals surface area contributed by atoms with Crippen LogP contribution in [0.2, 0.25) is 0 Å². The molecule has 11 nitrogen and oxygen atoms in total. The largest absolute Gasteiger partial charge is 0.480 e. The van der Waals surface area contributed by atoms with Crippen LogP contribution >= 0.6 is 0 Å². The lowest BCUT2D eigenvalue weighted by Gasteiger charge is -2.39. The average molecular weight is 390 g/mol. The molecule has 3 amide bonds. The molecule has 7 N–H and O–H groups in total. The number of hydrogen-bond donors (Lipinski definition) is 5. The number of benzene rings is 1. The van der Waals surface area contributed by atoms with Gasteiger partial charge in [0.05, 0.1) is 6.54 Å². The van der Waals surface area contributed by atoms with Crippen molar-refractivity contribution in [2.75, 3.05) is 32.7 Å². The zero-order valence-electron chi connectivity index (χ0n) is 15.1. The molecule has 0 bridgehead atoms. The predicted octanol–water partition coefficient (Wildman–Crippen LogP) is -2.22. The summed E-state index contributed by atoms with van der Waals surface area (Å²) in [5.74, 6) is -2.79. The molecule has 1 aliphatic rings. The van der Waals surface area contributed by atoms with Crippen molar-refractivity contribution in [2.24, 2.45) is 11.5 Å². The van der Waals surface area contributed by atoms with E-state index in [1.165, 1.54) is 29.2 Å². The number of aliphatic carboxylic acids is 1. The topological polar surface area (TPSA) is 183 Å². The van der Waals surface area contributed by atoms with E-state index in [2.05, 4.69) is 5.32 Å². The maximum atomic E-state index is 12.4. The first-order valence-corrected chi connectivity index (χ1v) is 8.47. The number of carboxylic acid groups (broad SMARTS) is 1. The molecule has 1 aromatic rings. The number of amides is 3. The number of amidine groups is 1. The highest BCUT2D eigenvalue weighted by Gasteiger charge is 2.37. The Balaban J connectivity index is 1.96. The Bertz CT molecular complexity index is 794. The van der Waals surface area contributed by atoms with Crippen LogP contribution in [-0.2, 0) is 14.4 Å². The molecule has 0 unspecified atom stereocenters. The Hall–Kier alpha value is -3.47. The molecule has 1 aliphatic heterocycles. The molecule has 1 fully saturated rings. The fraction of sp³-hybridized carbons (Fsp3) is 0.353. The molecule has 0 aromatic heterocycles. The molecule has 0 aliphatic carbocycles. The van der Waals surface area contributed by atoms with Crippen molar-refractivity contribution in [3.05, 3.63) is 35.4 Å². The van der Waals surface area contributed by atoms with Gasteiger partial charge in [-0.3, -0.25) is 24.6 Å². The summed E-state index contributed by atoms with van der Waals surface area (Å²) in [5, 5.41) is 18.6. The third-order valence-corrected chi connectivity index (χ3v) is 4.31. The van der Waals surface area contributed by atoms with Crippen LogP contribution in [0.1, 0.15) is 15.9 Å². The number of carbonyl (C=O) groups is 4. The number of nitrogens with zero attached hydrogens (tertiary/aromatic N) is 2. The van der Waals surface area contributed by atoms with Crippen LogP contribution in [0.4, 0.5) is 0 Å². The number of carboxylic acids is 1. The van der Waals surface area contributed by atoms with Gasteiger partial charge in [-0.15, -0.1) is 0 Å². The predicted molar refractivity (Wildman–Crippen MR) is 98.6 cm³/mol. The van der Waals surface area contributed by atoms with E-state index in [9.17, 15) is 19.2 Å². The minimum Gasteiger partial charge on any atom is -0.480 e. The first-order chi connectivity index (χ1) is 13.2. The number of nitrogens with one attached hydrogen (secondary N) is 2. The van der Waals surface area contributed by atoms with Crippen molar-refractivity contribution in [3.63, 3.8) is 0 Å². The van der Waals surface area contributed by atoms with Gasteiger partial charge in [-0.25, -0.2) is 0 Å². The van der Waals surface area contributed by atoms with E-state index in [4.69, 9.17) is 22.0 Å². The normalized spacial score (nSPS) is 16.6. The second-order valence-electron chi connectivity index (χ2n) is 6.17. The minimum atomic E-state index is -1.15. The molecule has 11 heteroatoms. The van der Waals surface area contributed by atoms with Crippen molar-refractivity contribution in [1.82, 2.24) is 15.1 Å². The zero-order chi connectivity index (χ0) is 20.8. The van der Waals surface area contributed by atoms with Gasteiger partial charge in [-0.1, -0.05) is 12.1 Å². The Morgan fingerprint density at radius 1 is 1.18 bits per heavy atom. The molecular weight excluding hydrogens is 368 g/mol. The Morgan fingerprint density at radius 2 is 1.79 bits per heavy atom. The van der Waals surface area contributed by atoms with Crippen molar-refractivity contribution >= 4 is 29.5 Å². The molecule has 1 heterocycles. The SMILES string of the molecule is N=C(N)c1ccc(C(=O)NCC(=O)N2CCN(CC(=O)O)C(=O)[C@@H]2CN)cc1. The number of rotatable bonds is 7. The van der Waals surface area contributed by atoms with Crippen LogP contribution in [0.15, 0.2) is 24.3 Å². The van der Waals surface area contributed by atoms with Crippen LogP contribution in [0.25, 0.3) is 0 Å². The average Bonchev–Trinajstić information content (AvgIpc) is 2.66. The van der Waals surface area contributed by atoms with Gasteiger partial charge in [0.1, 0.15) is 18.4 Å². The van der Waals surface area contributed by atoms with E-state index >= 15 is 0 Å². The highest BCUT2D eigenvalue weighted by molar-refractivity contribution is 5.99. The summed E-state index contributed by atoms with van der Waals surface area (Å²) in [6.07, 6.45) is 0. The molecule has 1 aromatic carbocycles. The summed E-state index contributed by atoms with van der Waals surface area (Å²) in [4.78, 5) is 50.2. The van der Waals surface area contributed by atoms with Gasteiger partial charge in [-0.05, 0) is 12.1 Å². The smallest absolute Gasteiger partial charge is 0.323 e. The molecule has 0 radical (unpaired) electrons. The van der Waals surface area contributed by atoms with Crippen molar-refractivity contribution in [2.45, 2.75) is 6.04 Å². The van der Waals surface area contributed by atoms with E-state index in [-0.39, 0.29) is 37.6 Å². The van der Waals surface area contributed by atoms with E-state index in [0.29, 0.717) is 5.56 Å². The van der Waals surface area contributed by atoms with E-state index < -0.39 is 36.3 Å².